The molecule has 4 unspecified atom stereocenters. The molecule has 0 aromatic carbocycles. The van der Waals surface area contributed by atoms with Gasteiger partial charge in [-0.15, -0.1) is 68.5 Å². The number of hydrogen-bond donors (Lipinski definition) is 6. The standard InChI is InChI=1S/C11H15NO3S.C7H7ClO2S.C7H9NO2S.C6H8OS.C4H8O2.C3H7ClO2.CH5N.CH4O/c1-2-3-11(13)12-4-8-5-14-9-6-16-7-10(9)15-8;2*8-1-5-2-9-6-3-11-4-7(6)10-5;1-5-3-8-4-6(5)7-2;1-2-3-6-4-5;4-1-3(6)2-5;2*1-2/h6-8H,2-5H2,1H3,(H,12,13);3-5H,1-2H2;3-5H,1-2,8H2;3-4H,1-2H3;4H,2-3H2,1H3;3,5-6H,1-2H2;2H2,1H3;2H,1H3. The van der Waals surface area contributed by atoms with Crippen LogP contribution in [0.25, 0.3) is 0 Å². The van der Waals surface area contributed by atoms with E-state index in [9.17, 15) is 9.59 Å². The Hall–Kier alpha value is -3.28. The third kappa shape index (κ3) is 24.5. The van der Waals surface area contributed by atoms with E-state index < -0.39 is 6.10 Å². The van der Waals surface area contributed by atoms with Crippen molar-refractivity contribution in [2.45, 2.75) is 64.4 Å². The molecule has 7 rings (SSSR count). The monoisotopic (exact) mass is 991 g/mol. The molecule has 4 atom stereocenters. The topological polar surface area (TPSA) is 233 Å². The average Bonchev–Trinajstić information content (AvgIpc) is 4.17. The zero-order valence-electron chi connectivity index (χ0n) is 36.0. The summed E-state index contributed by atoms with van der Waals surface area (Å²) in [6.45, 7) is 9.37. The molecule has 8 N–H and O–H groups in total. The number of thiophene rings is 4. The summed E-state index contributed by atoms with van der Waals surface area (Å²) in [6, 6.07) is 0. The predicted octanol–water partition coefficient (Wildman–Crippen LogP) is 6.17. The zero-order chi connectivity index (χ0) is 46.5. The van der Waals surface area contributed by atoms with Crippen LogP contribution in [0.15, 0.2) is 43.0 Å². The van der Waals surface area contributed by atoms with Gasteiger partial charge in [0, 0.05) is 63.3 Å². The van der Waals surface area contributed by atoms with Crippen molar-refractivity contribution < 1.29 is 62.8 Å². The molecule has 0 aliphatic carbocycles. The maximum atomic E-state index is 11.3. The third-order valence-electron chi connectivity index (χ3n) is 7.18. The Bertz CT molecular complexity index is 1610. The van der Waals surface area contributed by atoms with E-state index in [0.717, 1.165) is 60.2 Å². The highest BCUT2D eigenvalue weighted by molar-refractivity contribution is 7.09. The van der Waals surface area contributed by atoms with Gasteiger partial charge in [0.25, 0.3) is 6.47 Å². The predicted molar refractivity (Wildman–Crippen MR) is 250 cm³/mol. The van der Waals surface area contributed by atoms with Crippen molar-refractivity contribution in [2.75, 3.05) is 79.2 Å². The third-order valence-corrected chi connectivity index (χ3v) is 10.8. The maximum absolute atomic E-state index is 11.3. The highest BCUT2D eigenvalue weighted by Crippen LogP contribution is 2.37. The quantitative estimate of drug-likeness (QED) is 0.0529. The fourth-order valence-corrected chi connectivity index (χ4v) is 7.25. The number of aliphatic hydroxyl groups excluding tert-OH is 3. The smallest absolute Gasteiger partial charge is 0.293 e. The van der Waals surface area contributed by atoms with E-state index in [2.05, 4.69) is 21.2 Å². The number of ether oxygens (including phenoxy) is 8. The van der Waals surface area contributed by atoms with Crippen LogP contribution in [0.5, 0.6) is 40.2 Å². The minimum atomic E-state index is -0.744. The lowest BCUT2D eigenvalue weighted by Crippen LogP contribution is -2.40. The number of halogens is 2. The SMILES string of the molecule is CCCC(=O)NCC1COc2cscc2O1.CCCOC=O.CN.CO.COc1cscc1C.ClCC1COc2cscc2O1.NCC1COc2cscc2O1.OCC(O)CCl. The van der Waals surface area contributed by atoms with Gasteiger partial charge < -0.3 is 70.0 Å². The van der Waals surface area contributed by atoms with Gasteiger partial charge in [0.2, 0.25) is 5.91 Å². The molecule has 0 fully saturated rings. The number of nitrogens with one attached hydrogen (secondary N) is 1. The first-order chi connectivity index (χ1) is 30.2. The summed E-state index contributed by atoms with van der Waals surface area (Å²) in [5.41, 5.74) is 11.1. The number of aliphatic hydroxyl groups is 3. The molecule has 3 aliphatic rings. The fraction of sp³-hybridized carbons (Fsp3) is 0.550. The van der Waals surface area contributed by atoms with Crippen LogP contribution < -0.4 is 49.9 Å². The molecule has 0 spiro atoms. The number of aryl methyl sites for hydroxylation is 1. The molecule has 0 saturated carbocycles. The first kappa shape index (κ1) is 58.7. The van der Waals surface area contributed by atoms with Crippen LogP contribution in [0.2, 0.25) is 0 Å². The van der Waals surface area contributed by atoms with Gasteiger partial charge in [-0.05, 0) is 32.2 Å². The van der Waals surface area contributed by atoms with E-state index in [1.165, 1.54) is 12.6 Å². The van der Waals surface area contributed by atoms with Crippen LogP contribution >= 0.6 is 68.5 Å². The van der Waals surface area contributed by atoms with Crippen LogP contribution in [0, 0.1) is 6.92 Å². The van der Waals surface area contributed by atoms with Crippen LogP contribution in [-0.2, 0) is 14.3 Å². The highest BCUT2D eigenvalue weighted by atomic mass is 35.5. The molecule has 3 aliphatic heterocycles. The number of fused-ring (bicyclic) bond motifs is 3. The Morgan fingerprint density at radius 2 is 1.29 bits per heavy atom. The molecule has 0 radical (unpaired) electrons. The van der Waals surface area contributed by atoms with Crippen molar-refractivity contribution in [3.63, 3.8) is 0 Å². The van der Waals surface area contributed by atoms with Crippen molar-refractivity contribution in [1.29, 1.82) is 0 Å². The largest absolute Gasteiger partial charge is 0.496 e. The lowest BCUT2D eigenvalue weighted by molar-refractivity contribution is -0.128. The minimum absolute atomic E-state index is 0.0127. The van der Waals surface area contributed by atoms with Crippen molar-refractivity contribution >= 4 is 80.9 Å². The van der Waals surface area contributed by atoms with E-state index in [-0.39, 0.29) is 36.7 Å². The van der Waals surface area contributed by atoms with Crippen molar-refractivity contribution in [2.24, 2.45) is 11.5 Å². The summed E-state index contributed by atoms with van der Waals surface area (Å²) in [5.74, 6) is 6.59. The second-order valence-corrected chi connectivity index (χ2v) is 15.6. The van der Waals surface area contributed by atoms with E-state index in [1.54, 1.807) is 52.5 Å². The molecule has 22 heteroatoms. The fourth-order valence-electron chi connectivity index (χ4n) is 4.19. The molecule has 7 heterocycles. The second kappa shape index (κ2) is 38.2. The lowest BCUT2D eigenvalue weighted by atomic mass is 10.3. The number of carbonyl (C=O) groups is 2. The number of nitrogens with two attached hydrogens (primary N) is 2. The summed E-state index contributed by atoms with van der Waals surface area (Å²) < 4.78 is 42.2. The Morgan fingerprint density at radius 3 is 1.65 bits per heavy atom. The number of alkyl halides is 2. The Balaban J connectivity index is 0.000000732. The maximum Gasteiger partial charge on any atom is 0.293 e. The van der Waals surface area contributed by atoms with Crippen molar-refractivity contribution in [1.82, 2.24) is 5.32 Å². The molecular weight excluding hydrogens is 930 g/mol. The van der Waals surface area contributed by atoms with Gasteiger partial charge in [0.15, 0.2) is 34.5 Å². The van der Waals surface area contributed by atoms with E-state index in [4.69, 9.17) is 77.4 Å². The van der Waals surface area contributed by atoms with Crippen LogP contribution in [-0.4, -0.2) is 131 Å². The molecule has 0 bridgehead atoms. The van der Waals surface area contributed by atoms with Crippen molar-refractivity contribution in [3.05, 3.63) is 48.6 Å². The van der Waals surface area contributed by atoms with E-state index >= 15 is 0 Å². The molecule has 4 aromatic heterocycles. The number of rotatable bonds is 12. The van der Waals surface area contributed by atoms with Gasteiger partial charge >= 0.3 is 0 Å². The van der Waals surface area contributed by atoms with Gasteiger partial charge in [-0.2, -0.15) is 0 Å². The van der Waals surface area contributed by atoms with Crippen LogP contribution in [0.4, 0.5) is 0 Å². The summed E-state index contributed by atoms with van der Waals surface area (Å²) >= 11 is 17.0. The number of amides is 1. The molecule has 1 amide bonds. The molecule has 62 heavy (non-hydrogen) atoms. The van der Waals surface area contributed by atoms with Gasteiger partial charge in [0.05, 0.1) is 44.7 Å². The molecule has 0 saturated heterocycles. The number of carbonyl (C=O) groups excluding carboxylic acids is 2. The number of methoxy groups -OCH3 is 1. The van der Waals surface area contributed by atoms with Crippen LogP contribution in [0.1, 0.15) is 38.7 Å². The molecular formula is C40H63Cl2N3O13S4. The van der Waals surface area contributed by atoms with Gasteiger partial charge in [-0.25, -0.2) is 0 Å². The van der Waals surface area contributed by atoms with E-state index in [0.29, 0.717) is 58.3 Å². The zero-order valence-corrected chi connectivity index (χ0v) is 40.7. The summed E-state index contributed by atoms with van der Waals surface area (Å²) in [4.78, 5) is 20.6. The van der Waals surface area contributed by atoms with Gasteiger partial charge in [-0.3, -0.25) is 9.59 Å². The summed E-state index contributed by atoms with van der Waals surface area (Å²) in [6.07, 6.45) is 1.55. The lowest BCUT2D eigenvalue weighted by Gasteiger charge is -2.24. The summed E-state index contributed by atoms with van der Waals surface area (Å²) in [5, 5.41) is 41.7. The van der Waals surface area contributed by atoms with E-state index in [1.807, 2.05) is 58.4 Å². The Kier molecular flexibility index (Phi) is 36.2. The highest BCUT2D eigenvalue weighted by Gasteiger charge is 2.23. The van der Waals surface area contributed by atoms with Crippen molar-refractivity contribution in [3.8, 4) is 40.2 Å². The van der Waals surface area contributed by atoms with Gasteiger partial charge in [0.1, 0.15) is 43.9 Å². The molecule has 4 aromatic rings. The second-order valence-electron chi connectivity index (χ2n) is 12.0. The average molecular weight is 993 g/mol. The van der Waals surface area contributed by atoms with Gasteiger partial charge in [-0.1, -0.05) is 13.8 Å². The minimum Gasteiger partial charge on any atom is -0.496 e. The molecule has 354 valence electrons. The Labute approximate surface area is 390 Å². The Morgan fingerprint density at radius 1 is 0.823 bits per heavy atom. The first-order valence-corrected chi connectivity index (χ1v) is 24.1. The molecule has 16 nitrogen and oxygen atoms in total. The summed E-state index contributed by atoms with van der Waals surface area (Å²) in [7, 11) is 4.19. The normalized spacial score (nSPS) is 15.9. The van der Waals surface area contributed by atoms with Crippen LogP contribution in [0.3, 0.4) is 0 Å². The first-order valence-electron chi connectivity index (χ1n) is 19.2. The number of hydrogen-bond acceptors (Lipinski definition) is 19.